The standard InChI is InChI=1S/C10H16N2O/c1-12-6-2-3-8(12)9(11)10(13)7-4-5-7/h2-3,6-7,9-10,13H,4-5,11H2,1H3/t9-,10+/m0/s1. The number of nitrogens with zero attached hydrogens (tertiary/aromatic N) is 1. The van der Waals surface area contributed by atoms with Crippen LogP contribution < -0.4 is 5.73 Å². The summed E-state index contributed by atoms with van der Waals surface area (Å²) in [5.74, 6) is 0.435. The quantitative estimate of drug-likeness (QED) is 0.722. The predicted octanol–water partition coefficient (Wildman–Crippen LogP) is 0.796. The Bertz CT molecular complexity index is 291. The third-order valence-corrected chi connectivity index (χ3v) is 2.80. The fraction of sp³-hybridized carbons (Fsp3) is 0.600. The molecule has 3 N–H and O–H groups in total. The van der Waals surface area contributed by atoms with Gasteiger partial charge in [0.1, 0.15) is 0 Å². The first-order chi connectivity index (χ1) is 6.20. The normalized spacial score (nSPS) is 21.5. The molecule has 0 amide bonds. The zero-order chi connectivity index (χ0) is 9.42. The number of aliphatic hydroxyl groups excluding tert-OH is 1. The summed E-state index contributed by atoms with van der Waals surface area (Å²) >= 11 is 0. The number of aromatic nitrogens is 1. The second kappa shape index (κ2) is 3.16. The fourth-order valence-electron chi connectivity index (χ4n) is 1.73. The van der Waals surface area contributed by atoms with Gasteiger partial charge in [0.25, 0.3) is 0 Å². The van der Waals surface area contributed by atoms with Crippen LogP contribution in [0.3, 0.4) is 0 Å². The van der Waals surface area contributed by atoms with Crippen molar-refractivity contribution < 1.29 is 5.11 Å². The largest absolute Gasteiger partial charge is 0.391 e. The molecule has 1 aromatic rings. The lowest BCUT2D eigenvalue weighted by molar-refractivity contribution is 0.119. The molecule has 0 bridgehead atoms. The summed E-state index contributed by atoms with van der Waals surface area (Å²) in [4.78, 5) is 0. The van der Waals surface area contributed by atoms with Crippen LogP contribution in [0.1, 0.15) is 24.6 Å². The maximum atomic E-state index is 9.82. The van der Waals surface area contributed by atoms with E-state index < -0.39 is 0 Å². The summed E-state index contributed by atoms with van der Waals surface area (Å²) in [5, 5.41) is 9.82. The van der Waals surface area contributed by atoms with Crippen LogP contribution in [0, 0.1) is 5.92 Å². The second-order valence-corrected chi connectivity index (χ2v) is 3.90. The van der Waals surface area contributed by atoms with Crippen LogP contribution in [0.2, 0.25) is 0 Å². The van der Waals surface area contributed by atoms with E-state index in [2.05, 4.69) is 0 Å². The predicted molar refractivity (Wildman–Crippen MR) is 51.1 cm³/mol. The van der Waals surface area contributed by atoms with Crippen LogP contribution in [0.25, 0.3) is 0 Å². The van der Waals surface area contributed by atoms with Crippen molar-refractivity contribution >= 4 is 0 Å². The van der Waals surface area contributed by atoms with Gasteiger partial charge in [0.05, 0.1) is 12.1 Å². The van der Waals surface area contributed by atoms with Gasteiger partial charge in [-0.3, -0.25) is 0 Å². The first-order valence-electron chi connectivity index (χ1n) is 4.75. The lowest BCUT2D eigenvalue weighted by Gasteiger charge is -2.19. The van der Waals surface area contributed by atoms with Gasteiger partial charge in [0, 0.05) is 18.9 Å². The number of nitrogens with two attached hydrogens (primary N) is 1. The zero-order valence-corrected chi connectivity index (χ0v) is 7.85. The lowest BCUT2D eigenvalue weighted by atomic mass is 10.0. The highest BCUT2D eigenvalue weighted by atomic mass is 16.3. The Labute approximate surface area is 78.2 Å². The molecule has 0 radical (unpaired) electrons. The molecule has 72 valence electrons. The van der Waals surface area contributed by atoms with Crippen LogP contribution in [-0.4, -0.2) is 15.8 Å². The SMILES string of the molecule is Cn1cccc1[C@H](N)[C@H](O)C1CC1. The van der Waals surface area contributed by atoms with E-state index >= 15 is 0 Å². The van der Waals surface area contributed by atoms with E-state index in [4.69, 9.17) is 5.73 Å². The van der Waals surface area contributed by atoms with Crippen molar-refractivity contribution in [1.29, 1.82) is 0 Å². The van der Waals surface area contributed by atoms with Crippen molar-refractivity contribution in [3.05, 3.63) is 24.0 Å². The fourth-order valence-corrected chi connectivity index (χ4v) is 1.73. The Morgan fingerprint density at radius 2 is 2.31 bits per heavy atom. The molecule has 1 saturated carbocycles. The van der Waals surface area contributed by atoms with Gasteiger partial charge in [-0.05, 0) is 30.9 Å². The summed E-state index contributed by atoms with van der Waals surface area (Å²) in [6.07, 6.45) is 3.83. The topological polar surface area (TPSA) is 51.2 Å². The molecule has 1 aromatic heterocycles. The van der Waals surface area contributed by atoms with Crippen molar-refractivity contribution in [3.63, 3.8) is 0 Å². The van der Waals surface area contributed by atoms with Crippen molar-refractivity contribution in [2.45, 2.75) is 25.0 Å². The van der Waals surface area contributed by atoms with Crippen molar-refractivity contribution in [2.24, 2.45) is 18.7 Å². The Hall–Kier alpha value is -0.800. The van der Waals surface area contributed by atoms with E-state index in [0.717, 1.165) is 18.5 Å². The van der Waals surface area contributed by atoms with Crippen molar-refractivity contribution in [3.8, 4) is 0 Å². The minimum atomic E-state index is -0.367. The molecular formula is C10H16N2O. The van der Waals surface area contributed by atoms with Gasteiger partial charge in [-0.1, -0.05) is 0 Å². The Kier molecular flexibility index (Phi) is 2.14. The molecule has 0 spiro atoms. The highest BCUT2D eigenvalue weighted by Gasteiger charge is 2.34. The molecule has 3 nitrogen and oxygen atoms in total. The molecule has 3 heteroatoms. The zero-order valence-electron chi connectivity index (χ0n) is 7.85. The number of rotatable bonds is 3. The van der Waals surface area contributed by atoms with Gasteiger partial charge < -0.3 is 15.4 Å². The van der Waals surface area contributed by atoms with Crippen LogP contribution in [0.4, 0.5) is 0 Å². The Balaban J connectivity index is 2.11. The highest BCUT2D eigenvalue weighted by Crippen LogP contribution is 2.37. The van der Waals surface area contributed by atoms with Gasteiger partial charge in [-0.25, -0.2) is 0 Å². The molecule has 0 aliphatic heterocycles. The first-order valence-corrected chi connectivity index (χ1v) is 4.75. The summed E-state index contributed by atoms with van der Waals surface area (Å²) in [6, 6.07) is 3.69. The van der Waals surface area contributed by atoms with E-state index in [1.807, 2.05) is 29.9 Å². The lowest BCUT2D eigenvalue weighted by Crippen LogP contribution is -2.29. The molecular weight excluding hydrogens is 164 g/mol. The molecule has 0 aromatic carbocycles. The highest BCUT2D eigenvalue weighted by molar-refractivity contribution is 5.13. The molecule has 0 saturated heterocycles. The molecule has 1 fully saturated rings. The number of aryl methyl sites for hydroxylation is 1. The molecule has 2 rings (SSSR count). The number of aliphatic hydroxyl groups is 1. The van der Waals surface area contributed by atoms with Gasteiger partial charge in [-0.2, -0.15) is 0 Å². The van der Waals surface area contributed by atoms with Crippen molar-refractivity contribution in [1.82, 2.24) is 4.57 Å². The van der Waals surface area contributed by atoms with Crippen LogP contribution >= 0.6 is 0 Å². The van der Waals surface area contributed by atoms with Crippen LogP contribution in [-0.2, 0) is 7.05 Å². The molecule has 0 unspecified atom stereocenters. The third-order valence-electron chi connectivity index (χ3n) is 2.80. The second-order valence-electron chi connectivity index (χ2n) is 3.90. The Morgan fingerprint density at radius 3 is 2.77 bits per heavy atom. The van der Waals surface area contributed by atoms with Gasteiger partial charge >= 0.3 is 0 Å². The average molecular weight is 180 g/mol. The van der Waals surface area contributed by atoms with E-state index in [-0.39, 0.29) is 12.1 Å². The molecule has 13 heavy (non-hydrogen) atoms. The maximum absolute atomic E-state index is 9.82. The minimum Gasteiger partial charge on any atom is -0.391 e. The van der Waals surface area contributed by atoms with E-state index in [1.54, 1.807) is 0 Å². The monoisotopic (exact) mass is 180 g/mol. The van der Waals surface area contributed by atoms with Gasteiger partial charge in [0.15, 0.2) is 0 Å². The van der Waals surface area contributed by atoms with E-state index in [0.29, 0.717) is 5.92 Å². The average Bonchev–Trinajstić information content (AvgIpc) is 2.87. The van der Waals surface area contributed by atoms with Crippen LogP contribution in [0.15, 0.2) is 18.3 Å². The van der Waals surface area contributed by atoms with Gasteiger partial charge in [-0.15, -0.1) is 0 Å². The summed E-state index contributed by atoms with van der Waals surface area (Å²) in [7, 11) is 1.95. The number of hydrogen-bond donors (Lipinski definition) is 2. The summed E-state index contributed by atoms with van der Waals surface area (Å²) in [6.45, 7) is 0. The molecule has 1 heterocycles. The third kappa shape index (κ3) is 1.62. The smallest absolute Gasteiger partial charge is 0.0775 e. The van der Waals surface area contributed by atoms with E-state index in [9.17, 15) is 5.11 Å². The summed E-state index contributed by atoms with van der Waals surface area (Å²) < 4.78 is 1.97. The molecule has 2 atom stereocenters. The van der Waals surface area contributed by atoms with Gasteiger partial charge in [0.2, 0.25) is 0 Å². The van der Waals surface area contributed by atoms with Crippen molar-refractivity contribution in [2.75, 3.05) is 0 Å². The number of hydrogen-bond acceptors (Lipinski definition) is 2. The summed E-state index contributed by atoms with van der Waals surface area (Å²) in [5.41, 5.74) is 6.97. The minimum absolute atomic E-state index is 0.229. The maximum Gasteiger partial charge on any atom is 0.0775 e. The van der Waals surface area contributed by atoms with E-state index in [1.165, 1.54) is 0 Å². The van der Waals surface area contributed by atoms with Crippen LogP contribution in [0.5, 0.6) is 0 Å². The molecule has 1 aliphatic carbocycles. The first kappa shape index (κ1) is 8.78. The Morgan fingerprint density at radius 1 is 1.62 bits per heavy atom. The molecule has 1 aliphatic rings.